The second-order valence-corrected chi connectivity index (χ2v) is 5.29. The second kappa shape index (κ2) is 7.19. The average Bonchev–Trinajstić information content (AvgIpc) is 2.46. The highest BCUT2D eigenvalue weighted by Gasteiger charge is 2.29. The zero-order valence-corrected chi connectivity index (χ0v) is 11.5. The Morgan fingerprint density at radius 1 is 1.47 bits per heavy atom. The van der Waals surface area contributed by atoms with Crippen LogP contribution >= 0.6 is 0 Å². The van der Waals surface area contributed by atoms with Crippen LogP contribution in [0, 0.1) is 0 Å². The van der Waals surface area contributed by atoms with Crippen LogP contribution in [0.3, 0.4) is 0 Å². The number of hydrogen-bond acceptors (Lipinski definition) is 5. The van der Waals surface area contributed by atoms with Crippen molar-refractivity contribution in [3.63, 3.8) is 0 Å². The van der Waals surface area contributed by atoms with E-state index >= 15 is 0 Å². The van der Waals surface area contributed by atoms with Crippen molar-refractivity contribution in [2.75, 3.05) is 39.5 Å². The number of nitrogens with one attached hydrogen (secondary N) is 1. The van der Waals surface area contributed by atoms with E-state index in [9.17, 15) is 4.79 Å². The summed E-state index contributed by atoms with van der Waals surface area (Å²) in [5.41, 5.74) is 0. The summed E-state index contributed by atoms with van der Waals surface area (Å²) >= 11 is 0. The topological polar surface area (TPSA) is 71.0 Å². The molecule has 2 saturated heterocycles. The standard InChI is InChI=1S/C13H24N2O4/c1-10-8-18-12(7-16)6-15(10)13(17)9-19-11-2-4-14-5-3-11/h10-12,14,16H,2-9H2,1H3. The largest absolute Gasteiger partial charge is 0.394 e. The number of ether oxygens (including phenoxy) is 2. The zero-order valence-electron chi connectivity index (χ0n) is 11.5. The summed E-state index contributed by atoms with van der Waals surface area (Å²) < 4.78 is 11.1. The number of carbonyl (C=O) groups is 1. The number of morpholine rings is 1. The van der Waals surface area contributed by atoms with E-state index in [2.05, 4.69) is 5.32 Å². The van der Waals surface area contributed by atoms with Crippen molar-refractivity contribution in [1.82, 2.24) is 10.2 Å². The lowest BCUT2D eigenvalue weighted by Gasteiger charge is -2.37. The maximum atomic E-state index is 12.2. The minimum absolute atomic E-state index is 0.00668. The monoisotopic (exact) mass is 272 g/mol. The van der Waals surface area contributed by atoms with E-state index in [-0.39, 0.29) is 37.4 Å². The molecule has 2 aliphatic heterocycles. The molecule has 0 aromatic carbocycles. The van der Waals surface area contributed by atoms with Gasteiger partial charge in [0.25, 0.3) is 0 Å². The molecule has 2 N–H and O–H groups in total. The molecule has 0 radical (unpaired) electrons. The summed E-state index contributed by atoms with van der Waals surface area (Å²) in [6.07, 6.45) is 1.85. The third-order valence-electron chi connectivity index (χ3n) is 3.76. The summed E-state index contributed by atoms with van der Waals surface area (Å²) in [6.45, 7) is 4.88. The minimum Gasteiger partial charge on any atom is -0.394 e. The molecule has 110 valence electrons. The summed E-state index contributed by atoms with van der Waals surface area (Å²) in [5.74, 6) is -0.00668. The first-order valence-corrected chi connectivity index (χ1v) is 7.05. The van der Waals surface area contributed by atoms with Gasteiger partial charge in [-0.15, -0.1) is 0 Å². The molecule has 0 spiro atoms. The first-order chi connectivity index (χ1) is 9.20. The number of nitrogens with zero attached hydrogens (tertiary/aromatic N) is 1. The molecule has 1 amide bonds. The van der Waals surface area contributed by atoms with Gasteiger partial charge in [0.1, 0.15) is 6.61 Å². The normalized spacial score (nSPS) is 29.5. The molecule has 0 aromatic rings. The Bertz CT molecular complexity index is 294. The fourth-order valence-electron chi connectivity index (χ4n) is 2.51. The molecule has 0 saturated carbocycles. The number of hydrogen-bond donors (Lipinski definition) is 2. The Labute approximate surface area is 114 Å². The van der Waals surface area contributed by atoms with Crippen molar-refractivity contribution in [2.45, 2.75) is 38.0 Å². The molecule has 2 unspecified atom stereocenters. The average molecular weight is 272 g/mol. The van der Waals surface area contributed by atoms with Crippen LogP contribution in [0.4, 0.5) is 0 Å². The highest BCUT2D eigenvalue weighted by molar-refractivity contribution is 5.78. The molecule has 2 fully saturated rings. The van der Waals surface area contributed by atoms with E-state index in [4.69, 9.17) is 14.6 Å². The third kappa shape index (κ3) is 4.14. The fraction of sp³-hybridized carbons (Fsp3) is 0.923. The van der Waals surface area contributed by atoms with Crippen molar-refractivity contribution >= 4 is 5.91 Å². The smallest absolute Gasteiger partial charge is 0.248 e. The summed E-state index contributed by atoms with van der Waals surface area (Å²) in [5, 5.41) is 12.4. The van der Waals surface area contributed by atoms with Crippen molar-refractivity contribution in [1.29, 1.82) is 0 Å². The van der Waals surface area contributed by atoms with E-state index < -0.39 is 0 Å². The Kier molecular flexibility index (Phi) is 5.57. The molecular formula is C13H24N2O4. The fourth-order valence-corrected chi connectivity index (χ4v) is 2.51. The van der Waals surface area contributed by atoms with E-state index in [1.54, 1.807) is 4.90 Å². The van der Waals surface area contributed by atoms with Crippen LogP contribution in [0.15, 0.2) is 0 Å². The van der Waals surface area contributed by atoms with Gasteiger partial charge in [0.05, 0.1) is 31.5 Å². The number of carbonyl (C=O) groups excluding carboxylic acids is 1. The summed E-state index contributed by atoms with van der Waals surface area (Å²) in [4.78, 5) is 13.9. The first-order valence-electron chi connectivity index (χ1n) is 7.05. The van der Waals surface area contributed by atoms with Gasteiger partial charge in [-0.3, -0.25) is 4.79 Å². The van der Waals surface area contributed by atoms with Crippen LogP contribution in [-0.4, -0.2) is 73.6 Å². The zero-order chi connectivity index (χ0) is 13.7. The number of amides is 1. The molecule has 0 bridgehead atoms. The molecule has 0 aliphatic carbocycles. The number of aliphatic hydroxyl groups excluding tert-OH is 1. The SMILES string of the molecule is CC1COC(CO)CN1C(=O)COC1CCNCC1. The van der Waals surface area contributed by atoms with Gasteiger partial charge in [-0.1, -0.05) is 0 Å². The number of piperidine rings is 1. The Morgan fingerprint density at radius 2 is 2.21 bits per heavy atom. The van der Waals surface area contributed by atoms with Gasteiger partial charge in [-0.05, 0) is 32.9 Å². The third-order valence-corrected chi connectivity index (χ3v) is 3.76. The second-order valence-electron chi connectivity index (χ2n) is 5.29. The lowest BCUT2D eigenvalue weighted by molar-refractivity contribution is -0.153. The molecule has 0 aromatic heterocycles. The lowest BCUT2D eigenvalue weighted by Crippen LogP contribution is -2.53. The van der Waals surface area contributed by atoms with Gasteiger partial charge in [-0.2, -0.15) is 0 Å². The number of rotatable bonds is 4. The summed E-state index contributed by atoms with van der Waals surface area (Å²) in [6, 6.07) is 0.0481. The van der Waals surface area contributed by atoms with Crippen molar-refractivity contribution in [3.05, 3.63) is 0 Å². The summed E-state index contributed by atoms with van der Waals surface area (Å²) in [7, 11) is 0. The van der Waals surface area contributed by atoms with Gasteiger partial charge < -0.3 is 24.8 Å². The molecule has 2 rings (SSSR count). The molecule has 6 heteroatoms. The van der Waals surface area contributed by atoms with Crippen LogP contribution in [0.2, 0.25) is 0 Å². The van der Waals surface area contributed by atoms with Crippen molar-refractivity contribution in [3.8, 4) is 0 Å². The van der Waals surface area contributed by atoms with E-state index in [0.29, 0.717) is 13.2 Å². The maximum absolute atomic E-state index is 12.2. The van der Waals surface area contributed by atoms with E-state index in [0.717, 1.165) is 25.9 Å². The predicted octanol–water partition coefficient (Wildman–Crippen LogP) is -0.637. The van der Waals surface area contributed by atoms with Gasteiger partial charge >= 0.3 is 0 Å². The molecular weight excluding hydrogens is 248 g/mol. The molecule has 2 atom stereocenters. The molecule has 2 heterocycles. The maximum Gasteiger partial charge on any atom is 0.248 e. The van der Waals surface area contributed by atoms with Crippen LogP contribution in [0.1, 0.15) is 19.8 Å². The van der Waals surface area contributed by atoms with Crippen molar-refractivity contribution in [2.24, 2.45) is 0 Å². The predicted molar refractivity (Wildman–Crippen MR) is 69.8 cm³/mol. The number of aliphatic hydroxyl groups is 1. The Morgan fingerprint density at radius 3 is 2.89 bits per heavy atom. The van der Waals surface area contributed by atoms with Crippen LogP contribution in [0.5, 0.6) is 0 Å². The van der Waals surface area contributed by atoms with Gasteiger partial charge in [0.2, 0.25) is 5.91 Å². The molecule has 2 aliphatic rings. The van der Waals surface area contributed by atoms with Gasteiger partial charge in [-0.25, -0.2) is 0 Å². The first kappa shape index (κ1) is 14.7. The minimum atomic E-state index is -0.265. The van der Waals surface area contributed by atoms with Crippen LogP contribution in [-0.2, 0) is 14.3 Å². The lowest BCUT2D eigenvalue weighted by atomic mass is 10.1. The van der Waals surface area contributed by atoms with Crippen LogP contribution in [0.25, 0.3) is 0 Å². The highest BCUT2D eigenvalue weighted by Crippen LogP contribution is 2.13. The Hall–Kier alpha value is -0.690. The van der Waals surface area contributed by atoms with E-state index in [1.807, 2.05) is 6.92 Å². The van der Waals surface area contributed by atoms with Crippen LogP contribution < -0.4 is 5.32 Å². The molecule has 6 nitrogen and oxygen atoms in total. The Balaban J connectivity index is 1.77. The molecule has 19 heavy (non-hydrogen) atoms. The van der Waals surface area contributed by atoms with Gasteiger partial charge in [0.15, 0.2) is 0 Å². The highest BCUT2D eigenvalue weighted by atomic mass is 16.5. The van der Waals surface area contributed by atoms with Crippen molar-refractivity contribution < 1.29 is 19.4 Å². The quantitative estimate of drug-likeness (QED) is 0.712. The van der Waals surface area contributed by atoms with Gasteiger partial charge in [0, 0.05) is 6.54 Å². The van der Waals surface area contributed by atoms with E-state index in [1.165, 1.54) is 0 Å².